The number of hydrogen-bond donors (Lipinski definition) is 1. The van der Waals surface area contributed by atoms with Gasteiger partial charge in [0.2, 0.25) is 5.91 Å². The molecule has 1 saturated heterocycles. The summed E-state index contributed by atoms with van der Waals surface area (Å²) in [4.78, 5) is 11.2. The van der Waals surface area contributed by atoms with E-state index in [-0.39, 0.29) is 18.9 Å². The number of nitrogens with one attached hydrogen (secondary N) is 1. The maximum atomic E-state index is 12.2. The molecule has 1 aromatic rings. The molecule has 1 aromatic heterocycles. The summed E-state index contributed by atoms with van der Waals surface area (Å²) in [7, 11) is -3.46. The fourth-order valence-electron chi connectivity index (χ4n) is 1.55. The molecule has 0 spiro atoms. The Balaban J connectivity index is 2.23. The number of hydrogen-bond acceptors (Lipinski definition) is 4. The highest BCUT2D eigenvalue weighted by Crippen LogP contribution is 2.28. The van der Waals surface area contributed by atoms with Crippen LogP contribution >= 0.6 is 27.3 Å². The minimum Gasteiger partial charge on any atom is -0.355 e. The highest BCUT2D eigenvalue weighted by atomic mass is 79.9. The molecule has 1 fully saturated rings. The number of nitrogens with zero attached hydrogens (tertiary/aromatic N) is 1. The van der Waals surface area contributed by atoms with Crippen molar-refractivity contribution in [2.45, 2.75) is 10.6 Å². The first kappa shape index (κ1) is 13.0. The van der Waals surface area contributed by atoms with E-state index in [4.69, 9.17) is 0 Å². The van der Waals surface area contributed by atoms with Crippen LogP contribution in [0.1, 0.15) is 6.42 Å². The van der Waals surface area contributed by atoms with Crippen LogP contribution in [0.3, 0.4) is 0 Å². The van der Waals surface area contributed by atoms with Gasteiger partial charge in [0.05, 0.1) is 3.79 Å². The fourth-order valence-corrected chi connectivity index (χ4v) is 5.16. The van der Waals surface area contributed by atoms with Crippen molar-refractivity contribution < 1.29 is 13.2 Å². The molecule has 1 aliphatic rings. The van der Waals surface area contributed by atoms with E-state index in [1.165, 1.54) is 15.6 Å². The summed E-state index contributed by atoms with van der Waals surface area (Å²) in [5.41, 5.74) is 0. The van der Waals surface area contributed by atoms with Gasteiger partial charge < -0.3 is 5.32 Å². The van der Waals surface area contributed by atoms with Crippen LogP contribution in [0, 0.1) is 0 Å². The molecule has 0 aliphatic carbocycles. The molecule has 0 atom stereocenters. The Morgan fingerprint density at radius 3 is 2.76 bits per heavy atom. The van der Waals surface area contributed by atoms with Gasteiger partial charge in [-0.05, 0) is 28.1 Å². The molecule has 0 unspecified atom stereocenters. The maximum Gasteiger partial charge on any atom is 0.252 e. The zero-order valence-electron chi connectivity index (χ0n) is 8.85. The van der Waals surface area contributed by atoms with Crippen molar-refractivity contribution in [1.29, 1.82) is 0 Å². The molecule has 0 radical (unpaired) electrons. The maximum absolute atomic E-state index is 12.2. The van der Waals surface area contributed by atoms with E-state index in [0.717, 1.165) is 3.79 Å². The van der Waals surface area contributed by atoms with E-state index in [0.29, 0.717) is 17.3 Å². The predicted molar refractivity (Wildman–Crippen MR) is 68.4 cm³/mol. The molecule has 0 bridgehead atoms. The minimum atomic E-state index is -3.46. The SMILES string of the molecule is O=C1CCN(S(=O)(=O)c2ccc(Br)s2)CCN1. The number of sulfonamides is 1. The first-order valence-electron chi connectivity index (χ1n) is 5.02. The molecule has 2 heterocycles. The van der Waals surface area contributed by atoms with Crippen molar-refractivity contribution in [3.63, 3.8) is 0 Å². The predicted octanol–water partition coefficient (Wildman–Crippen LogP) is 1.02. The molecule has 8 heteroatoms. The lowest BCUT2D eigenvalue weighted by atomic mass is 10.4. The lowest BCUT2D eigenvalue weighted by Crippen LogP contribution is -2.33. The Hall–Kier alpha value is -0.440. The van der Waals surface area contributed by atoms with Gasteiger partial charge in [-0.2, -0.15) is 4.31 Å². The molecule has 0 aromatic carbocycles. The van der Waals surface area contributed by atoms with Crippen LogP contribution in [0.15, 0.2) is 20.1 Å². The highest BCUT2D eigenvalue weighted by molar-refractivity contribution is 9.11. The van der Waals surface area contributed by atoms with Gasteiger partial charge in [-0.25, -0.2) is 8.42 Å². The Kier molecular flexibility index (Phi) is 3.86. The molecule has 1 aliphatic heterocycles. The summed E-state index contributed by atoms with van der Waals surface area (Å²) in [5.74, 6) is -0.102. The van der Waals surface area contributed by atoms with Gasteiger partial charge in [0.1, 0.15) is 4.21 Å². The quantitative estimate of drug-likeness (QED) is 0.875. The van der Waals surface area contributed by atoms with Crippen LogP contribution in [-0.4, -0.2) is 38.3 Å². The minimum absolute atomic E-state index is 0.102. The monoisotopic (exact) mass is 338 g/mol. The summed E-state index contributed by atoms with van der Waals surface area (Å²) < 4.78 is 26.9. The number of halogens is 1. The van der Waals surface area contributed by atoms with E-state index in [1.54, 1.807) is 12.1 Å². The van der Waals surface area contributed by atoms with Crippen LogP contribution in [0.4, 0.5) is 0 Å². The van der Waals surface area contributed by atoms with Gasteiger partial charge in [0.15, 0.2) is 0 Å². The number of rotatable bonds is 2. The second-order valence-electron chi connectivity index (χ2n) is 3.56. The van der Waals surface area contributed by atoms with Gasteiger partial charge in [0.25, 0.3) is 10.0 Å². The third-order valence-corrected chi connectivity index (χ3v) is 6.40. The number of amides is 1. The number of thiophene rings is 1. The molecule has 1 N–H and O–H groups in total. The summed E-state index contributed by atoms with van der Waals surface area (Å²) in [6.07, 6.45) is 0.214. The van der Waals surface area contributed by atoms with E-state index >= 15 is 0 Å². The number of carbonyl (C=O) groups is 1. The van der Waals surface area contributed by atoms with E-state index in [1.807, 2.05) is 0 Å². The highest BCUT2D eigenvalue weighted by Gasteiger charge is 2.27. The molecule has 0 saturated carbocycles. The van der Waals surface area contributed by atoms with E-state index < -0.39 is 10.0 Å². The van der Waals surface area contributed by atoms with Crippen LogP contribution in [-0.2, 0) is 14.8 Å². The van der Waals surface area contributed by atoms with Gasteiger partial charge in [-0.15, -0.1) is 11.3 Å². The first-order valence-corrected chi connectivity index (χ1v) is 8.07. The Morgan fingerprint density at radius 2 is 2.12 bits per heavy atom. The summed E-state index contributed by atoms with van der Waals surface area (Å²) >= 11 is 4.42. The van der Waals surface area contributed by atoms with Crippen molar-refractivity contribution >= 4 is 43.2 Å². The zero-order valence-corrected chi connectivity index (χ0v) is 12.1. The van der Waals surface area contributed by atoms with Crippen molar-refractivity contribution in [3.8, 4) is 0 Å². The fraction of sp³-hybridized carbons (Fsp3) is 0.444. The lowest BCUT2D eigenvalue weighted by molar-refractivity contribution is -0.120. The van der Waals surface area contributed by atoms with Gasteiger partial charge in [-0.3, -0.25) is 4.79 Å². The molecule has 5 nitrogen and oxygen atoms in total. The third-order valence-electron chi connectivity index (χ3n) is 2.41. The number of carbonyl (C=O) groups excluding carboxylic acids is 1. The largest absolute Gasteiger partial charge is 0.355 e. The van der Waals surface area contributed by atoms with Crippen LogP contribution < -0.4 is 5.32 Å². The average molecular weight is 339 g/mol. The van der Waals surface area contributed by atoms with Crippen molar-refractivity contribution in [2.24, 2.45) is 0 Å². The summed E-state index contributed by atoms with van der Waals surface area (Å²) in [5, 5.41) is 2.65. The van der Waals surface area contributed by atoms with Gasteiger partial charge in [0, 0.05) is 26.1 Å². The first-order chi connectivity index (χ1) is 8.00. The Bertz CT molecular complexity index is 526. The third kappa shape index (κ3) is 2.87. The summed E-state index contributed by atoms with van der Waals surface area (Å²) in [6.45, 7) is 0.928. The Morgan fingerprint density at radius 1 is 1.35 bits per heavy atom. The molecule has 1 amide bonds. The van der Waals surface area contributed by atoms with E-state index in [2.05, 4.69) is 21.2 Å². The molecule has 94 valence electrons. The van der Waals surface area contributed by atoms with Gasteiger partial charge >= 0.3 is 0 Å². The van der Waals surface area contributed by atoms with Gasteiger partial charge in [-0.1, -0.05) is 0 Å². The smallest absolute Gasteiger partial charge is 0.252 e. The van der Waals surface area contributed by atoms with Crippen LogP contribution in [0.2, 0.25) is 0 Å². The second kappa shape index (κ2) is 5.05. The molecular weight excluding hydrogens is 328 g/mol. The Labute approximate surface area is 112 Å². The second-order valence-corrected chi connectivity index (χ2v) is 8.19. The molecule has 17 heavy (non-hydrogen) atoms. The topological polar surface area (TPSA) is 66.5 Å². The summed E-state index contributed by atoms with van der Waals surface area (Å²) in [6, 6.07) is 3.28. The lowest BCUT2D eigenvalue weighted by Gasteiger charge is -2.17. The van der Waals surface area contributed by atoms with Crippen LogP contribution in [0.25, 0.3) is 0 Å². The molecular formula is C9H11BrN2O3S2. The zero-order chi connectivity index (χ0) is 12.5. The van der Waals surface area contributed by atoms with Crippen molar-refractivity contribution in [3.05, 3.63) is 15.9 Å². The van der Waals surface area contributed by atoms with E-state index in [9.17, 15) is 13.2 Å². The normalized spacial score (nSPS) is 18.8. The average Bonchev–Trinajstić information content (AvgIpc) is 2.58. The van der Waals surface area contributed by atoms with Crippen LogP contribution in [0.5, 0.6) is 0 Å². The molecule has 2 rings (SSSR count). The van der Waals surface area contributed by atoms with Crippen molar-refractivity contribution in [2.75, 3.05) is 19.6 Å². The standard InChI is InChI=1S/C9H11BrN2O3S2/c10-7-1-2-9(16-7)17(14,15)12-5-3-8(13)11-4-6-12/h1-2H,3-6H2,(H,11,13). The van der Waals surface area contributed by atoms with Crippen molar-refractivity contribution in [1.82, 2.24) is 9.62 Å².